The summed E-state index contributed by atoms with van der Waals surface area (Å²) in [5.74, 6) is 0.824. The van der Waals surface area contributed by atoms with E-state index in [1.165, 1.54) is 43.5 Å². The molecule has 0 fully saturated rings. The van der Waals surface area contributed by atoms with Crippen molar-refractivity contribution in [1.29, 1.82) is 0 Å². The molecule has 0 aromatic heterocycles. The summed E-state index contributed by atoms with van der Waals surface area (Å²) in [6.45, 7) is 0. The number of hydrogen-bond acceptors (Lipinski definition) is 4. The third-order valence-electron chi connectivity index (χ3n) is 3.61. The van der Waals surface area contributed by atoms with Gasteiger partial charge in [0, 0.05) is 4.47 Å². The van der Waals surface area contributed by atoms with Crippen molar-refractivity contribution < 1.29 is 22.3 Å². The van der Waals surface area contributed by atoms with Crippen LogP contribution in [0.3, 0.4) is 0 Å². The van der Waals surface area contributed by atoms with Crippen molar-refractivity contribution >= 4 is 31.6 Å². The molecule has 3 aromatic rings. The van der Waals surface area contributed by atoms with E-state index in [1.54, 1.807) is 24.3 Å². The van der Waals surface area contributed by atoms with Crippen LogP contribution in [0.4, 0.5) is 10.1 Å². The molecule has 5 nitrogen and oxygen atoms in total. The van der Waals surface area contributed by atoms with Crippen molar-refractivity contribution in [3.8, 4) is 17.2 Å². The molecule has 0 saturated carbocycles. The summed E-state index contributed by atoms with van der Waals surface area (Å²) in [5.41, 5.74) is -0.132. The Kier molecular flexibility index (Phi) is 5.67. The minimum atomic E-state index is -3.94. The molecule has 3 aromatic carbocycles. The molecule has 27 heavy (non-hydrogen) atoms. The summed E-state index contributed by atoms with van der Waals surface area (Å²) < 4.78 is 52.5. The first-order chi connectivity index (χ1) is 12.9. The van der Waals surface area contributed by atoms with Gasteiger partial charge in [-0.25, -0.2) is 12.8 Å². The second-order valence-corrected chi connectivity index (χ2v) is 8.05. The lowest BCUT2D eigenvalue weighted by Gasteiger charge is -2.11. The summed E-state index contributed by atoms with van der Waals surface area (Å²) in [6, 6.07) is 17.0. The van der Waals surface area contributed by atoms with E-state index in [4.69, 9.17) is 9.47 Å². The molecule has 0 unspecified atom stereocenters. The molecule has 0 heterocycles. The lowest BCUT2D eigenvalue weighted by atomic mass is 10.3. The minimum Gasteiger partial charge on any atom is -0.493 e. The number of nitrogens with one attached hydrogen (secondary N) is 1. The minimum absolute atomic E-state index is 0.0165. The Morgan fingerprint density at radius 1 is 0.963 bits per heavy atom. The average Bonchev–Trinajstić information content (AvgIpc) is 2.65. The van der Waals surface area contributed by atoms with Gasteiger partial charge in [-0.2, -0.15) is 0 Å². The monoisotopic (exact) mass is 451 g/mol. The molecule has 0 aliphatic heterocycles. The van der Waals surface area contributed by atoms with E-state index in [9.17, 15) is 12.8 Å². The average molecular weight is 452 g/mol. The first-order valence-corrected chi connectivity index (χ1v) is 10.1. The zero-order valence-corrected chi connectivity index (χ0v) is 16.6. The van der Waals surface area contributed by atoms with Crippen molar-refractivity contribution in [2.24, 2.45) is 0 Å². The van der Waals surface area contributed by atoms with Crippen LogP contribution in [-0.2, 0) is 10.0 Å². The summed E-state index contributed by atoms with van der Waals surface area (Å²) in [7, 11) is -2.40. The van der Waals surface area contributed by atoms with Gasteiger partial charge in [0.2, 0.25) is 0 Å². The zero-order chi connectivity index (χ0) is 19.4. The van der Waals surface area contributed by atoms with Crippen molar-refractivity contribution in [3.05, 3.63) is 77.0 Å². The SMILES string of the molecule is COc1ccccc1Oc1ccc(S(=O)(=O)Nc2ccc(Br)cc2F)cc1. The highest BCUT2D eigenvalue weighted by atomic mass is 79.9. The number of rotatable bonds is 6. The predicted molar refractivity (Wildman–Crippen MR) is 104 cm³/mol. The van der Waals surface area contributed by atoms with Gasteiger partial charge >= 0.3 is 0 Å². The van der Waals surface area contributed by atoms with Crippen LogP contribution in [0.5, 0.6) is 17.2 Å². The van der Waals surface area contributed by atoms with Gasteiger partial charge in [-0.15, -0.1) is 0 Å². The third-order valence-corrected chi connectivity index (χ3v) is 5.48. The second kappa shape index (κ2) is 7.98. The number of anilines is 1. The Hall–Kier alpha value is -2.58. The molecule has 8 heteroatoms. The summed E-state index contributed by atoms with van der Waals surface area (Å²) in [6.07, 6.45) is 0. The Morgan fingerprint density at radius 3 is 2.26 bits per heavy atom. The van der Waals surface area contributed by atoms with Crippen molar-refractivity contribution in [2.45, 2.75) is 4.90 Å². The molecule has 0 radical (unpaired) electrons. The molecular weight excluding hydrogens is 437 g/mol. The Balaban J connectivity index is 1.79. The highest BCUT2D eigenvalue weighted by Crippen LogP contribution is 2.31. The van der Waals surface area contributed by atoms with Crippen LogP contribution in [0.15, 0.2) is 76.1 Å². The third kappa shape index (κ3) is 4.58. The predicted octanol–water partition coefficient (Wildman–Crippen LogP) is 5.19. The molecule has 0 bridgehead atoms. The molecule has 3 rings (SSSR count). The topological polar surface area (TPSA) is 64.6 Å². The largest absolute Gasteiger partial charge is 0.493 e. The van der Waals surface area contributed by atoms with Crippen LogP contribution in [-0.4, -0.2) is 15.5 Å². The van der Waals surface area contributed by atoms with Crippen LogP contribution in [0.2, 0.25) is 0 Å². The summed E-state index contributed by atoms with van der Waals surface area (Å²) >= 11 is 3.13. The van der Waals surface area contributed by atoms with Crippen LogP contribution < -0.4 is 14.2 Å². The number of halogens is 2. The molecule has 0 saturated heterocycles. The maximum Gasteiger partial charge on any atom is 0.261 e. The molecule has 140 valence electrons. The van der Waals surface area contributed by atoms with E-state index < -0.39 is 15.8 Å². The molecule has 0 atom stereocenters. The number of methoxy groups -OCH3 is 1. The van der Waals surface area contributed by atoms with Crippen LogP contribution >= 0.6 is 15.9 Å². The molecular formula is C19H15BrFNO4S. The first kappa shape index (κ1) is 19.2. The number of benzene rings is 3. The highest BCUT2D eigenvalue weighted by molar-refractivity contribution is 9.10. The van der Waals surface area contributed by atoms with E-state index in [-0.39, 0.29) is 10.6 Å². The van der Waals surface area contributed by atoms with Gasteiger partial charge in [-0.3, -0.25) is 4.72 Å². The zero-order valence-electron chi connectivity index (χ0n) is 14.1. The standard InChI is InChI=1S/C19H15BrFNO4S/c1-25-18-4-2-3-5-19(18)26-14-7-9-15(10-8-14)27(23,24)22-17-11-6-13(20)12-16(17)21/h2-12,22H,1H3. The quantitative estimate of drug-likeness (QED) is 0.559. The number of sulfonamides is 1. The number of ether oxygens (including phenoxy) is 2. The van der Waals surface area contributed by atoms with Gasteiger partial charge < -0.3 is 9.47 Å². The van der Waals surface area contributed by atoms with Gasteiger partial charge in [0.15, 0.2) is 11.5 Å². The van der Waals surface area contributed by atoms with Crippen LogP contribution in [0.1, 0.15) is 0 Å². The fraction of sp³-hybridized carbons (Fsp3) is 0.0526. The van der Waals surface area contributed by atoms with Gasteiger partial charge in [-0.05, 0) is 54.6 Å². The highest BCUT2D eigenvalue weighted by Gasteiger charge is 2.17. The van der Waals surface area contributed by atoms with E-state index in [0.29, 0.717) is 21.7 Å². The number of para-hydroxylation sites is 2. The molecule has 0 spiro atoms. The van der Waals surface area contributed by atoms with Crippen molar-refractivity contribution in [1.82, 2.24) is 0 Å². The molecule has 1 N–H and O–H groups in total. The molecule has 0 amide bonds. The second-order valence-electron chi connectivity index (χ2n) is 5.45. The lowest BCUT2D eigenvalue weighted by molar-refractivity contribution is 0.379. The van der Waals surface area contributed by atoms with Gasteiger partial charge in [0.1, 0.15) is 11.6 Å². The maximum absolute atomic E-state index is 13.9. The fourth-order valence-electron chi connectivity index (χ4n) is 2.29. The number of hydrogen-bond donors (Lipinski definition) is 1. The Morgan fingerprint density at radius 2 is 1.63 bits per heavy atom. The van der Waals surface area contributed by atoms with Crippen LogP contribution in [0.25, 0.3) is 0 Å². The Labute approximate surface area is 164 Å². The van der Waals surface area contributed by atoms with E-state index in [2.05, 4.69) is 20.7 Å². The van der Waals surface area contributed by atoms with Gasteiger partial charge in [-0.1, -0.05) is 28.1 Å². The molecule has 0 aliphatic rings. The van der Waals surface area contributed by atoms with Gasteiger partial charge in [0.25, 0.3) is 10.0 Å². The Bertz CT molecular complexity index is 1060. The normalized spacial score (nSPS) is 11.1. The smallest absolute Gasteiger partial charge is 0.261 e. The summed E-state index contributed by atoms with van der Waals surface area (Å²) in [5, 5.41) is 0. The van der Waals surface area contributed by atoms with E-state index >= 15 is 0 Å². The lowest BCUT2D eigenvalue weighted by Crippen LogP contribution is -2.13. The van der Waals surface area contributed by atoms with Crippen LogP contribution in [0, 0.1) is 5.82 Å². The maximum atomic E-state index is 13.9. The van der Waals surface area contributed by atoms with E-state index in [1.807, 2.05) is 6.07 Å². The molecule has 0 aliphatic carbocycles. The van der Waals surface area contributed by atoms with E-state index in [0.717, 1.165) is 0 Å². The van der Waals surface area contributed by atoms with Crippen molar-refractivity contribution in [3.63, 3.8) is 0 Å². The van der Waals surface area contributed by atoms with Gasteiger partial charge in [0.05, 0.1) is 17.7 Å². The first-order valence-electron chi connectivity index (χ1n) is 7.78. The van der Waals surface area contributed by atoms with Crippen molar-refractivity contribution in [2.75, 3.05) is 11.8 Å². The summed E-state index contributed by atoms with van der Waals surface area (Å²) in [4.78, 5) is -0.0165. The fourth-order valence-corrected chi connectivity index (χ4v) is 3.69.